The monoisotopic (exact) mass is 404 g/mol. The van der Waals surface area contributed by atoms with E-state index in [1.807, 2.05) is 0 Å². The maximum absolute atomic E-state index is 13.1. The molecule has 1 aromatic rings. The minimum Gasteiger partial charge on any atom is -0.316 e. The molecule has 1 saturated carbocycles. The normalized spacial score (nSPS) is 29.2. The summed E-state index contributed by atoms with van der Waals surface area (Å²) in [6.07, 6.45) is -2.97. The van der Waals surface area contributed by atoms with E-state index in [2.05, 4.69) is 4.99 Å². The summed E-state index contributed by atoms with van der Waals surface area (Å²) in [6, 6.07) is 4.19. The largest absolute Gasteiger partial charge is 0.416 e. The van der Waals surface area contributed by atoms with Crippen molar-refractivity contribution in [3.8, 4) is 0 Å². The van der Waals surface area contributed by atoms with Crippen molar-refractivity contribution in [3.05, 3.63) is 29.8 Å². The highest BCUT2D eigenvalue weighted by molar-refractivity contribution is 8.16. The smallest absolute Gasteiger partial charge is 0.316 e. The number of amides is 1. The lowest BCUT2D eigenvalue weighted by molar-refractivity contribution is -0.137. The van der Waals surface area contributed by atoms with E-state index in [0.717, 1.165) is 25.0 Å². The molecule has 0 spiro atoms. The fraction of sp³-hybridized carbons (Fsp3) is 0.500. The highest BCUT2D eigenvalue weighted by Gasteiger charge is 2.50. The fourth-order valence-electron chi connectivity index (χ4n) is 3.21. The first-order chi connectivity index (χ1) is 12.1. The van der Waals surface area contributed by atoms with Gasteiger partial charge in [-0.1, -0.05) is 17.8 Å². The second-order valence-corrected chi connectivity index (χ2v) is 10.1. The summed E-state index contributed by atoms with van der Waals surface area (Å²) in [7, 11) is -3.27. The lowest BCUT2D eigenvalue weighted by Crippen LogP contribution is -2.37. The van der Waals surface area contributed by atoms with Crippen LogP contribution < -0.4 is 4.90 Å². The fourth-order valence-corrected chi connectivity index (χ4v) is 7.13. The summed E-state index contributed by atoms with van der Waals surface area (Å²) in [5, 5.41) is -0.0357. The van der Waals surface area contributed by atoms with E-state index < -0.39 is 27.6 Å². The lowest BCUT2D eigenvalue weighted by atomic mass is 10.1. The quantitative estimate of drug-likeness (QED) is 0.758. The molecule has 3 aliphatic rings. The van der Waals surface area contributed by atoms with E-state index >= 15 is 0 Å². The molecule has 1 aliphatic carbocycles. The van der Waals surface area contributed by atoms with Gasteiger partial charge in [0.2, 0.25) is 0 Å². The first kappa shape index (κ1) is 17.8. The number of benzene rings is 1. The van der Waals surface area contributed by atoms with Crippen molar-refractivity contribution in [1.29, 1.82) is 0 Å². The molecule has 5 nitrogen and oxygen atoms in total. The van der Waals surface area contributed by atoms with Gasteiger partial charge in [0.15, 0.2) is 15.0 Å². The molecule has 0 aromatic heterocycles. The molecule has 2 atom stereocenters. The van der Waals surface area contributed by atoms with Gasteiger partial charge in [-0.3, -0.25) is 4.79 Å². The first-order valence-electron chi connectivity index (χ1n) is 8.10. The number of amidine groups is 1. The summed E-state index contributed by atoms with van der Waals surface area (Å²) in [4.78, 5) is 17.7. The van der Waals surface area contributed by atoms with Gasteiger partial charge in [-0.05, 0) is 31.0 Å². The van der Waals surface area contributed by atoms with Crippen LogP contribution in [0.4, 0.5) is 18.9 Å². The van der Waals surface area contributed by atoms with Crippen molar-refractivity contribution in [2.45, 2.75) is 30.3 Å². The molecule has 1 amide bonds. The summed E-state index contributed by atoms with van der Waals surface area (Å²) >= 11 is 1.17. The summed E-state index contributed by atoms with van der Waals surface area (Å²) in [5.41, 5.74) is -0.614. The van der Waals surface area contributed by atoms with Crippen molar-refractivity contribution in [1.82, 2.24) is 0 Å². The lowest BCUT2D eigenvalue weighted by Gasteiger charge is -2.25. The average molecular weight is 404 g/mol. The number of sulfone groups is 1. The molecule has 4 rings (SSSR count). The molecule has 140 valence electrons. The Labute approximate surface area is 152 Å². The number of carbonyl (C=O) groups is 1. The topological polar surface area (TPSA) is 66.8 Å². The molecule has 0 N–H and O–H groups in total. The first-order valence-corrected chi connectivity index (χ1v) is 10.8. The molecule has 10 heteroatoms. The molecule has 2 aliphatic heterocycles. The summed E-state index contributed by atoms with van der Waals surface area (Å²) in [5.74, 6) is -0.616. The number of hydrogen-bond donors (Lipinski definition) is 0. The predicted molar refractivity (Wildman–Crippen MR) is 92.9 cm³/mol. The number of aliphatic imine (C=N–C) groups is 1. The van der Waals surface area contributed by atoms with E-state index in [1.54, 1.807) is 0 Å². The Hall–Kier alpha value is -1.55. The molecule has 2 heterocycles. The van der Waals surface area contributed by atoms with Gasteiger partial charge in [0, 0.05) is 16.9 Å². The Morgan fingerprint density at radius 3 is 2.62 bits per heavy atom. The molecular weight excluding hydrogens is 389 g/mol. The van der Waals surface area contributed by atoms with Gasteiger partial charge in [0.1, 0.15) is 0 Å². The van der Waals surface area contributed by atoms with Crippen molar-refractivity contribution >= 4 is 38.4 Å². The van der Waals surface area contributed by atoms with Crippen LogP contribution in [0.3, 0.4) is 0 Å². The zero-order chi connectivity index (χ0) is 18.7. The number of carbonyl (C=O) groups excluding carboxylic acids is 1. The van der Waals surface area contributed by atoms with Crippen molar-refractivity contribution in [2.75, 3.05) is 16.4 Å². The van der Waals surface area contributed by atoms with E-state index in [9.17, 15) is 26.4 Å². The molecular formula is C16H15F3N2O3S2. The second-order valence-electron chi connectivity index (χ2n) is 6.73. The SMILES string of the molecule is O=C(N=C1S[C@H]2CS(=O)(=O)C[C@@H]2N1c1cccc(C(F)(F)F)c1)C1CC1. The van der Waals surface area contributed by atoms with E-state index in [4.69, 9.17) is 0 Å². The van der Waals surface area contributed by atoms with Gasteiger partial charge in [-0.25, -0.2) is 8.42 Å². The summed E-state index contributed by atoms with van der Waals surface area (Å²) in [6.45, 7) is 0. The third-order valence-corrected chi connectivity index (χ3v) is 7.86. The van der Waals surface area contributed by atoms with Gasteiger partial charge >= 0.3 is 6.18 Å². The Kier molecular flexibility index (Phi) is 4.11. The highest BCUT2D eigenvalue weighted by Crippen LogP contribution is 2.43. The third kappa shape index (κ3) is 3.36. The highest BCUT2D eigenvalue weighted by atomic mass is 32.2. The van der Waals surface area contributed by atoms with E-state index in [-0.39, 0.29) is 34.3 Å². The number of hydrogen-bond acceptors (Lipinski definition) is 4. The number of alkyl halides is 3. The van der Waals surface area contributed by atoms with Gasteiger partial charge in [-0.15, -0.1) is 0 Å². The maximum Gasteiger partial charge on any atom is 0.416 e. The van der Waals surface area contributed by atoms with Gasteiger partial charge in [0.05, 0.1) is 23.1 Å². The second kappa shape index (κ2) is 5.98. The Balaban J connectivity index is 1.74. The summed E-state index contributed by atoms with van der Waals surface area (Å²) < 4.78 is 63.1. The maximum atomic E-state index is 13.1. The molecule has 2 saturated heterocycles. The number of nitrogens with zero attached hydrogens (tertiary/aromatic N) is 2. The number of anilines is 1. The van der Waals surface area contributed by atoms with Crippen LogP contribution in [-0.2, 0) is 20.8 Å². The molecule has 0 bridgehead atoms. The molecule has 1 aromatic carbocycles. The van der Waals surface area contributed by atoms with Crippen LogP contribution in [-0.4, -0.2) is 42.3 Å². The van der Waals surface area contributed by atoms with Crippen LogP contribution in [0.15, 0.2) is 29.3 Å². The van der Waals surface area contributed by atoms with E-state index in [1.165, 1.54) is 28.8 Å². The van der Waals surface area contributed by atoms with Crippen LogP contribution in [0.25, 0.3) is 0 Å². The minimum absolute atomic E-state index is 0.0611. The third-order valence-electron chi connectivity index (χ3n) is 4.65. The molecule has 26 heavy (non-hydrogen) atoms. The molecule has 3 fully saturated rings. The Bertz CT molecular complexity index is 894. The van der Waals surface area contributed by atoms with Crippen molar-refractivity contribution in [3.63, 3.8) is 0 Å². The number of halogens is 3. The van der Waals surface area contributed by atoms with Gasteiger partial charge in [0.25, 0.3) is 5.91 Å². The van der Waals surface area contributed by atoms with Crippen LogP contribution in [0.2, 0.25) is 0 Å². The number of fused-ring (bicyclic) bond motifs is 1. The average Bonchev–Trinajstić information content (AvgIpc) is 3.27. The molecule has 0 unspecified atom stereocenters. The minimum atomic E-state index is -4.51. The zero-order valence-corrected chi connectivity index (χ0v) is 15.1. The van der Waals surface area contributed by atoms with Crippen LogP contribution in [0.5, 0.6) is 0 Å². The van der Waals surface area contributed by atoms with Gasteiger partial charge < -0.3 is 4.90 Å². The van der Waals surface area contributed by atoms with Crippen LogP contribution in [0, 0.1) is 5.92 Å². The van der Waals surface area contributed by atoms with Crippen molar-refractivity contribution < 1.29 is 26.4 Å². The Morgan fingerprint density at radius 2 is 1.96 bits per heavy atom. The van der Waals surface area contributed by atoms with E-state index in [0.29, 0.717) is 5.17 Å². The van der Waals surface area contributed by atoms with Crippen LogP contribution >= 0.6 is 11.8 Å². The van der Waals surface area contributed by atoms with Crippen LogP contribution in [0.1, 0.15) is 18.4 Å². The van der Waals surface area contributed by atoms with Gasteiger partial charge in [-0.2, -0.15) is 18.2 Å². The number of rotatable bonds is 2. The van der Waals surface area contributed by atoms with Crippen molar-refractivity contribution in [2.24, 2.45) is 10.9 Å². The number of thioether (sulfide) groups is 1. The zero-order valence-electron chi connectivity index (χ0n) is 13.4. The predicted octanol–water partition coefficient (Wildman–Crippen LogP) is 2.72. The Morgan fingerprint density at radius 1 is 1.23 bits per heavy atom. The molecule has 0 radical (unpaired) electrons. The standard InChI is InChI=1S/C16H15F3N2O3S2/c17-16(18,19)10-2-1-3-11(6-10)21-12-7-26(23,24)8-13(12)25-15(21)20-14(22)9-4-5-9/h1-3,6,9,12-13H,4-5,7-8H2/t12-,13-/m0/s1.